The van der Waals surface area contributed by atoms with E-state index in [1.165, 1.54) is 19.1 Å². The Morgan fingerprint density at radius 3 is 2.55 bits per heavy atom. The first-order valence-electron chi connectivity index (χ1n) is 6.16. The molecule has 0 spiro atoms. The van der Waals surface area contributed by atoms with Gasteiger partial charge in [-0.05, 0) is 19.1 Å². The third kappa shape index (κ3) is 6.98. The molecule has 0 bridgehead atoms. The Hall–Kier alpha value is -2.22. The molecule has 0 aliphatic rings. The molecule has 0 aromatic heterocycles. The minimum Gasteiger partial charge on any atom is -0.491 e. The molecule has 0 aliphatic heterocycles. The van der Waals surface area contributed by atoms with Gasteiger partial charge < -0.3 is 19.3 Å². The molecule has 122 valence electrons. The van der Waals surface area contributed by atoms with Gasteiger partial charge in [0.25, 0.3) is 0 Å². The zero-order valence-electron chi connectivity index (χ0n) is 11.7. The van der Waals surface area contributed by atoms with Gasteiger partial charge in [-0.3, -0.25) is 0 Å². The minimum absolute atomic E-state index is 0.0760. The lowest BCUT2D eigenvalue weighted by Crippen LogP contribution is -2.25. The van der Waals surface area contributed by atoms with Gasteiger partial charge in [0.05, 0.1) is 0 Å². The number of halogens is 3. The predicted molar refractivity (Wildman–Crippen MR) is 70.4 cm³/mol. The monoisotopic (exact) mass is 320 g/mol. The van der Waals surface area contributed by atoms with Crippen molar-refractivity contribution in [1.29, 1.82) is 0 Å². The molecule has 1 unspecified atom stereocenters. The summed E-state index contributed by atoms with van der Waals surface area (Å²) in [6.45, 7) is 4.25. The number of hydrogen-bond donors (Lipinski definition) is 1. The van der Waals surface area contributed by atoms with Gasteiger partial charge in [-0.25, -0.2) is 4.79 Å². The molecular formula is C14H15F3O5. The van der Waals surface area contributed by atoms with Crippen LogP contribution >= 0.6 is 0 Å². The molecule has 0 saturated heterocycles. The molecule has 22 heavy (non-hydrogen) atoms. The van der Waals surface area contributed by atoms with Crippen LogP contribution in [-0.4, -0.2) is 36.8 Å². The van der Waals surface area contributed by atoms with Crippen molar-refractivity contribution in [1.82, 2.24) is 0 Å². The van der Waals surface area contributed by atoms with Crippen molar-refractivity contribution in [3.8, 4) is 11.5 Å². The van der Waals surface area contributed by atoms with Crippen LogP contribution in [0.25, 0.3) is 0 Å². The standard InChI is InChI=1S/C14H15F3O5/c1-9(2)13(19)21-8-10(18)7-20-11-4-3-5-12(6-11)22-14(15,16)17/h3-6,10,18H,1,7-8H2,2H3. The highest BCUT2D eigenvalue weighted by Crippen LogP contribution is 2.26. The summed E-state index contributed by atoms with van der Waals surface area (Å²) in [5, 5.41) is 9.55. The van der Waals surface area contributed by atoms with Gasteiger partial charge in [-0.1, -0.05) is 12.6 Å². The second kappa shape index (κ2) is 7.69. The summed E-state index contributed by atoms with van der Waals surface area (Å²) in [7, 11) is 0. The van der Waals surface area contributed by atoms with Crippen LogP contribution in [-0.2, 0) is 9.53 Å². The molecule has 1 atom stereocenters. The highest BCUT2D eigenvalue weighted by atomic mass is 19.4. The fraction of sp³-hybridized carbons (Fsp3) is 0.357. The van der Waals surface area contributed by atoms with Gasteiger partial charge >= 0.3 is 12.3 Å². The van der Waals surface area contributed by atoms with Crippen molar-refractivity contribution >= 4 is 5.97 Å². The van der Waals surface area contributed by atoms with Crippen LogP contribution in [0.4, 0.5) is 13.2 Å². The Morgan fingerprint density at radius 2 is 1.95 bits per heavy atom. The summed E-state index contributed by atoms with van der Waals surface area (Å²) in [6.07, 6.45) is -5.93. The summed E-state index contributed by atoms with van der Waals surface area (Å²) in [5.74, 6) is -1.01. The molecule has 5 nitrogen and oxygen atoms in total. The van der Waals surface area contributed by atoms with E-state index in [2.05, 4.69) is 11.3 Å². The van der Waals surface area contributed by atoms with Crippen LogP contribution < -0.4 is 9.47 Å². The maximum absolute atomic E-state index is 12.1. The van der Waals surface area contributed by atoms with Gasteiger partial charge in [-0.2, -0.15) is 0 Å². The van der Waals surface area contributed by atoms with Gasteiger partial charge in [-0.15, -0.1) is 13.2 Å². The first-order chi connectivity index (χ1) is 10.2. The number of ether oxygens (including phenoxy) is 3. The van der Waals surface area contributed by atoms with E-state index in [1.54, 1.807) is 0 Å². The molecule has 0 radical (unpaired) electrons. The number of aliphatic hydroxyl groups is 1. The number of esters is 1. The molecule has 0 saturated carbocycles. The van der Waals surface area contributed by atoms with E-state index in [9.17, 15) is 23.1 Å². The SMILES string of the molecule is C=C(C)C(=O)OCC(O)COc1cccc(OC(F)(F)F)c1. The Labute approximate surface area is 124 Å². The Morgan fingerprint density at radius 1 is 1.32 bits per heavy atom. The van der Waals surface area contributed by atoms with Crippen molar-refractivity contribution < 1.29 is 37.3 Å². The number of carbonyl (C=O) groups excluding carboxylic acids is 1. The second-order valence-electron chi connectivity index (χ2n) is 4.37. The van der Waals surface area contributed by atoms with Gasteiger partial charge in [0.2, 0.25) is 0 Å². The summed E-state index contributed by atoms with van der Waals surface area (Å²) in [6, 6.07) is 4.85. The Bertz CT molecular complexity index is 527. The molecule has 0 fully saturated rings. The van der Waals surface area contributed by atoms with Crippen molar-refractivity contribution in [3.05, 3.63) is 36.4 Å². The molecule has 1 aromatic carbocycles. The average molecular weight is 320 g/mol. The van der Waals surface area contributed by atoms with Crippen LogP contribution in [0.2, 0.25) is 0 Å². The number of alkyl halides is 3. The number of rotatable bonds is 7. The normalized spacial score (nSPS) is 12.4. The quantitative estimate of drug-likeness (QED) is 0.617. The highest BCUT2D eigenvalue weighted by molar-refractivity contribution is 5.86. The molecule has 1 N–H and O–H groups in total. The maximum Gasteiger partial charge on any atom is 0.573 e. The van der Waals surface area contributed by atoms with E-state index >= 15 is 0 Å². The topological polar surface area (TPSA) is 65.0 Å². The number of hydrogen-bond acceptors (Lipinski definition) is 5. The molecule has 0 heterocycles. The lowest BCUT2D eigenvalue weighted by atomic mass is 10.3. The largest absolute Gasteiger partial charge is 0.573 e. The van der Waals surface area contributed by atoms with Gasteiger partial charge in [0.1, 0.15) is 30.8 Å². The minimum atomic E-state index is -4.80. The summed E-state index contributed by atoms with van der Waals surface area (Å²) < 4.78 is 49.7. The molecule has 1 aromatic rings. The molecule has 0 aliphatic carbocycles. The zero-order chi connectivity index (χ0) is 16.8. The lowest BCUT2D eigenvalue weighted by molar-refractivity contribution is -0.274. The number of benzene rings is 1. The van der Waals surface area contributed by atoms with E-state index in [0.717, 1.165) is 12.1 Å². The van der Waals surface area contributed by atoms with E-state index in [4.69, 9.17) is 9.47 Å². The van der Waals surface area contributed by atoms with E-state index in [0.29, 0.717) is 0 Å². The maximum atomic E-state index is 12.1. The average Bonchev–Trinajstić information content (AvgIpc) is 2.40. The first kappa shape index (κ1) is 17.8. The van der Waals surface area contributed by atoms with Crippen LogP contribution in [0, 0.1) is 0 Å². The zero-order valence-corrected chi connectivity index (χ0v) is 11.7. The van der Waals surface area contributed by atoms with Crippen molar-refractivity contribution in [2.24, 2.45) is 0 Å². The molecular weight excluding hydrogens is 305 g/mol. The van der Waals surface area contributed by atoms with Crippen molar-refractivity contribution in [3.63, 3.8) is 0 Å². The number of aliphatic hydroxyl groups excluding tert-OH is 1. The second-order valence-corrected chi connectivity index (χ2v) is 4.37. The van der Waals surface area contributed by atoms with Gasteiger partial charge in [0, 0.05) is 11.6 Å². The van der Waals surface area contributed by atoms with Crippen LogP contribution in [0.1, 0.15) is 6.92 Å². The summed E-state index contributed by atoms with van der Waals surface area (Å²) in [4.78, 5) is 11.1. The smallest absolute Gasteiger partial charge is 0.491 e. The number of carbonyl (C=O) groups is 1. The first-order valence-corrected chi connectivity index (χ1v) is 6.16. The highest BCUT2D eigenvalue weighted by Gasteiger charge is 2.31. The van der Waals surface area contributed by atoms with Crippen molar-refractivity contribution in [2.75, 3.05) is 13.2 Å². The molecule has 0 amide bonds. The molecule has 1 rings (SSSR count). The Balaban J connectivity index is 2.45. The fourth-order valence-electron chi connectivity index (χ4n) is 1.30. The summed E-state index contributed by atoms with van der Waals surface area (Å²) in [5.41, 5.74) is 0.185. The van der Waals surface area contributed by atoms with Crippen LogP contribution in [0.15, 0.2) is 36.4 Å². The lowest BCUT2D eigenvalue weighted by Gasteiger charge is -2.14. The third-order valence-electron chi connectivity index (χ3n) is 2.24. The summed E-state index contributed by atoms with van der Waals surface area (Å²) >= 11 is 0. The van der Waals surface area contributed by atoms with Crippen LogP contribution in [0.5, 0.6) is 11.5 Å². The van der Waals surface area contributed by atoms with Crippen molar-refractivity contribution in [2.45, 2.75) is 19.4 Å². The molecule has 8 heteroatoms. The Kier molecular flexibility index (Phi) is 6.24. The van der Waals surface area contributed by atoms with E-state index < -0.39 is 24.2 Å². The third-order valence-corrected chi connectivity index (χ3v) is 2.24. The predicted octanol–water partition coefficient (Wildman–Crippen LogP) is 2.44. The fourth-order valence-corrected chi connectivity index (χ4v) is 1.30. The van der Waals surface area contributed by atoms with Gasteiger partial charge in [0.15, 0.2) is 0 Å². The van der Waals surface area contributed by atoms with Crippen LogP contribution in [0.3, 0.4) is 0 Å². The van der Waals surface area contributed by atoms with E-state index in [1.807, 2.05) is 0 Å². The van der Waals surface area contributed by atoms with E-state index in [-0.39, 0.29) is 24.5 Å².